The smallest absolute Gasteiger partial charge is 0.306 e. The molecule has 0 bridgehead atoms. The topological polar surface area (TPSA) is 54.4 Å². The van der Waals surface area contributed by atoms with Gasteiger partial charge in [0.1, 0.15) is 0 Å². The predicted octanol–water partition coefficient (Wildman–Crippen LogP) is 4.95. The zero-order chi connectivity index (χ0) is 16.3. The van der Waals surface area contributed by atoms with Crippen LogP contribution in [0.1, 0.15) is 23.7 Å². The van der Waals surface area contributed by atoms with Crippen LogP contribution in [-0.2, 0) is 4.79 Å². The molecular weight excluding hydrogens is 323 g/mol. The summed E-state index contributed by atoms with van der Waals surface area (Å²) < 4.78 is 0. The summed E-state index contributed by atoms with van der Waals surface area (Å²) in [6.45, 7) is 1.51. The fraction of sp³-hybridized carbons (Fsp3) is 0.176. The third kappa shape index (κ3) is 3.67. The number of hydrogen-bond acceptors (Lipinski definition) is 2. The van der Waals surface area contributed by atoms with Gasteiger partial charge in [-0.05, 0) is 17.7 Å². The van der Waals surface area contributed by atoms with Crippen molar-refractivity contribution >= 4 is 35.0 Å². The Morgan fingerprint density at radius 3 is 2.41 bits per heavy atom. The minimum atomic E-state index is -0.990. The molecule has 0 fully saturated rings. The standard InChI is InChI=1S/C17H14Cl2O3/c1-10(17(21)22)8-16(20)14-5-3-2-4-12(14)13-7-6-11(18)9-15(13)19/h2-7,9-10H,8H2,1H3,(H,21,22)/t10-/m0/s1. The molecule has 22 heavy (non-hydrogen) atoms. The summed E-state index contributed by atoms with van der Waals surface area (Å²) in [4.78, 5) is 23.3. The summed E-state index contributed by atoms with van der Waals surface area (Å²) in [5.41, 5.74) is 1.82. The van der Waals surface area contributed by atoms with Gasteiger partial charge in [0.15, 0.2) is 5.78 Å². The number of carbonyl (C=O) groups excluding carboxylic acids is 1. The number of carbonyl (C=O) groups is 2. The fourth-order valence-electron chi connectivity index (χ4n) is 2.14. The SMILES string of the molecule is C[C@@H](CC(=O)c1ccccc1-c1ccc(Cl)cc1Cl)C(=O)O. The Kier molecular flexibility index (Phi) is 5.22. The van der Waals surface area contributed by atoms with Crippen LogP contribution in [0.5, 0.6) is 0 Å². The Morgan fingerprint density at radius 1 is 1.09 bits per heavy atom. The number of rotatable bonds is 5. The molecule has 0 saturated carbocycles. The monoisotopic (exact) mass is 336 g/mol. The first kappa shape index (κ1) is 16.5. The van der Waals surface area contributed by atoms with Gasteiger partial charge >= 0.3 is 5.97 Å². The lowest BCUT2D eigenvalue weighted by molar-refractivity contribution is -0.141. The molecule has 1 atom stereocenters. The summed E-state index contributed by atoms with van der Waals surface area (Å²) in [5.74, 6) is -1.95. The lowest BCUT2D eigenvalue weighted by Gasteiger charge is -2.12. The molecule has 114 valence electrons. The second-order valence-electron chi connectivity index (χ2n) is 5.04. The molecular formula is C17H14Cl2O3. The van der Waals surface area contributed by atoms with Crippen molar-refractivity contribution < 1.29 is 14.7 Å². The molecule has 0 saturated heterocycles. The van der Waals surface area contributed by atoms with Crippen molar-refractivity contribution in [2.24, 2.45) is 5.92 Å². The van der Waals surface area contributed by atoms with E-state index >= 15 is 0 Å². The highest BCUT2D eigenvalue weighted by atomic mass is 35.5. The molecule has 0 aliphatic rings. The summed E-state index contributed by atoms with van der Waals surface area (Å²) in [7, 11) is 0. The molecule has 0 spiro atoms. The van der Waals surface area contributed by atoms with E-state index in [1.54, 1.807) is 42.5 Å². The molecule has 0 aliphatic heterocycles. The lowest BCUT2D eigenvalue weighted by Crippen LogP contribution is -2.15. The van der Waals surface area contributed by atoms with E-state index in [1.165, 1.54) is 6.92 Å². The van der Waals surface area contributed by atoms with Crippen LogP contribution in [0.2, 0.25) is 10.0 Å². The first-order chi connectivity index (χ1) is 10.4. The van der Waals surface area contributed by atoms with Gasteiger partial charge in [-0.25, -0.2) is 0 Å². The average Bonchev–Trinajstić information content (AvgIpc) is 2.47. The van der Waals surface area contributed by atoms with Gasteiger partial charge in [-0.2, -0.15) is 0 Å². The van der Waals surface area contributed by atoms with Crippen LogP contribution >= 0.6 is 23.2 Å². The largest absolute Gasteiger partial charge is 0.481 e. The van der Waals surface area contributed by atoms with Crippen molar-refractivity contribution in [3.05, 3.63) is 58.1 Å². The summed E-state index contributed by atoms with van der Waals surface area (Å²) >= 11 is 12.1. The Balaban J connectivity index is 2.42. The molecule has 5 heteroatoms. The predicted molar refractivity (Wildman–Crippen MR) is 87.6 cm³/mol. The maximum atomic E-state index is 12.4. The average molecular weight is 337 g/mol. The number of carboxylic acid groups (broad SMARTS) is 1. The van der Waals surface area contributed by atoms with E-state index in [2.05, 4.69) is 0 Å². The zero-order valence-corrected chi connectivity index (χ0v) is 13.4. The van der Waals surface area contributed by atoms with E-state index in [4.69, 9.17) is 28.3 Å². The van der Waals surface area contributed by atoms with Crippen LogP contribution in [0.3, 0.4) is 0 Å². The minimum absolute atomic E-state index is 0.0580. The van der Waals surface area contributed by atoms with Gasteiger partial charge in [0.05, 0.1) is 5.92 Å². The van der Waals surface area contributed by atoms with Gasteiger partial charge in [-0.1, -0.05) is 60.5 Å². The van der Waals surface area contributed by atoms with Crippen molar-refractivity contribution in [1.29, 1.82) is 0 Å². The van der Waals surface area contributed by atoms with Gasteiger partial charge in [-0.3, -0.25) is 9.59 Å². The highest BCUT2D eigenvalue weighted by Gasteiger charge is 2.20. The first-order valence-corrected chi connectivity index (χ1v) is 7.46. The van der Waals surface area contributed by atoms with Crippen molar-refractivity contribution in [3.63, 3.8) is 0 Å². The Morgan fingerprint density at radius 2 is 1.77 bits per heavy atom. The Bertz CT molecular complexity index is 726. The van der Waals surface area contributed by atoms with Crippen molar-refractivity contribution in [2.75, 3.05) is 0 Å². The van der Waals surface area contributed by atoms with Crippen LogP contribution in [0.25, 0.3) is 11.1 Å². The van der Waals surface area contributed by atoms with Crippen LogP contribution in [0.4, 0.5) is 0 Å². The summed E-state index contributed by atoms with van der Waals surface area (Å²) in [6, 6.07) is 12.1. The first-order valence-electron chi connectivity index (χ1n) is 6.70. The van der Waals surface area contributed by atoms with Crippen LogP contribution in [0, 0.1) is 5.92 Å². The zero-order valence-electron chi connectivity index (χ0n) is 11.8. The number of ketones is 1. The number of hydrogen-bond donors (Lipinski definition) is 1. The molecule has 2 aromatic rings. The van der Waals surface area contributed by atoms with Gasteiger partial charge < -0.3 is 5.11 Å². The number of carboxylic acids is 1. The third-order valence-corrected chi connectivity index (χ3v) is 3.91. The normalized spacial score (nSPS) is 12.0. The van der Waals surface area contributed by atoms with Gasteiger partial charge in [0.2, 0.25) is 0 Å². The van der Waals surface area contributed by atoms with E-state index < -0.39 is 11.9 Å². The van der Waals surface area contributed by atoms with E-state index in [1.807, 2.05) is 0 Å². The van der Waals surface area contributed by atoms with E-state index in [9.17, 15) is 9.59 Å². The number of halogens is 2. The number of benzene rings is 2. The minimum Gasteiger partial charge on any atom is -0.481 e. The highest BCUT2D eigenvalue weighted by molar-refractivity contribution is 6.36. The quantitative estimate of drug-likeness (QED) is 0.785. The maximum absolute atomic E-state index is 12.4. The molecule has 3 nitrogen and oxygen atoms in total. The van der Waals surface area contributed by atoms with Crippen molar-refractivity contribution in [2.45, 2.75) is 13.3 Å². The second kappa shape index (κ2) is 6.95. The molecule has 0 aliphatic carbocycles. The maximum Gasteiger partial charge on any atom is 0.306 e. The molecule has 0 heterocycles. The lowest BCUT2D eigenvalue weighted by atomic mass is 9.93. The van der Waals surface area contributed by atoms with E-state index in [0.29, 0.717) is 26.7 Å². The molecule has 1 N–H and O–H groups in total. The fourth-order valence-corrected chi connectivity index (χ4v) is 2.65. The molecule has 0 aromatic heterocycles. The van der Waals surface area contributed by atoms with Gasteiger partial charge in [0.25, 0.3) is 0 Å². The molecule has 2 aromatic carbocycles. The van der Waals surface area contributed by atoms with E-state index in [0.717, 1.165) is 0 Å². The van der Waals surface area contributed by atoms with Crippen molar-refractivity contribution in [3.8, 4) is 11.1 Å². The van der Waals surface area contributed by atoms with Crippen LogP contribution in [0.15, 0.2) is 42.5 Å². The van der Waals surface area contributed by atoms with Crippen LogP contribution in [-0.4, -0.2) is 16.9 Å². The molecule has 0 amide bonds. The van der Waals surface area contributed by atoms with Crippen LogP contribution < -0.4 is 0 Å². The van der Waals surface area contributed by atoms with Gasteiger partial charge in [-0.15, -0.1) is 0 Å². The second-order valence-corrected chi connectivity index (χ2v) is 5.88. The summed E-state index contributed by atoms with van der Waals surface area (Å²) in [6.07, 6.45) is -0.0580. The molecule has 2 rings (SSSR count). The highest BCUT2D eigenvalue weighted by Crippen LogP contribution is 2.33. The van der Waals surface area contributed by atoms with Crippen molar-refractivity contribution in [1.82, 2.24) is 0 Å². The summed E-state index contributed by atoms with van der Waals surface area (Å²) in [5, 5.41) is 9.91. The third-order valence-electron chi connectivity index (χ3n) is 3.36. The van der Waals surface area contributed by atoms with E-state index in [-0.39, 0.29) is 12.2 Å². The number of aliphatic carboxylic acids is 1. The van der Waals surface area contributed by atoms with Gasteiger partial charge in [0, 0.05) is 27.6 Å². The molecule has 0 unspecified atom stereocenters. The Hall–Kier alpha value is -1.84. The number of Topliss-reactive ketones (excluding diaryl/α,β-unsaturated/α-hetero) is 1. The molecule has 0 radical (unpaired) electrons. The Labute approximate surface area is 138 Å².